The van der Waals surface area contributed by atoms with Gasteiger partial charge in [0.25, 0.3) is 0 Å². The molecule has 39 heavy (non-hydrogen) atoms. The van der Waals surface area contributed by atoms with E-state index in [1.54, 1.807) is 42.6 Å². The summed E-state index contributed by atoms with van der Waals surface area (Å²) in [7, 11) is -4.13. The van der Waals surface area contributed by atoms with Gasteiger partial charge in [-0.3, -0.25) is 9.78 Å². The fourth-order valence-electron chi connectivity index (χ4n) is 4.61. The number of piperazine rings is 1. The first-order valence-electron chi connectivity index (χ1n) is 12.6. The van der Waals surface area contributed by atoms with E-state index in [2.05, 4.69) is 15.6 Å². The van der Waals surface area contributed by atoms with E-state index in [4.69, 9.17) is 0 Å². The summed E-state index contributed by atoms with van der Waals surface area (Å²) in [6.07, 6.45) is 1.54. The summed E-state index contributed by atoms with van der Waals surface area (Å²) in [5, 5.41) is 6.38. The minimum Gasteiger partial charge on any atom is -0.351 e. The van der Waals surface area contributed by atoms with E-state index >= 15 is 0 Å². The summed E-state index contributed by atoms with van der Waals surface area (Å²) < 4.78 is 29.1. The Hall–Kier alpha value is -4.28. The highest BCUT2D eigenvalue weighted by Gasteiger charge is 2.42. The first-order valence-corrected chi connectivity index (χ1v) is 14.1. The lowest BCUT2D eigenvalue weighted by Crippen LogP contribution is -2.61. The molecule has 0 saturated carbocycles. The van der Waals surface area contributed by atoms with Crippen LogP contribution in [0.1, 0.15) is 11.1 Å². The SMILES string of the molecule is Cc1ccc(NC(=O)N2CCN(S(=O)(=O)c3cccc4cccnc34)C(C(=O)NCc3ccccc3)C2)cc1. The molecule has 1 aromatic heterocycles. The number of rotatable bonds is 6. The maximum Gasteiger partial charge on any atom is 0.321 e. The van der Waals surface area contributed by atoms with E-state index in [0.29, 0.717) is 16.6 Å². The largest absolute Gasteiger partial charge is 0.351 e. The predicted octanol–water partition coefficient (Wildman–Crippen LogP) is 3.77. The summed E-state index contributed by atoms with van der Waals surface area (Å²) in [6, 6.07) is 23.7. The Labute approximate surface area is 227 Å². The van der Waals surface area contributed by atoms with Crippen molar-refractivity contribution in [3.8, 4) is 0 Å². The molecular weight excluding hydrogens is 514 g/mol. The van der Waals surface area contributed by atoms with E-state index < -0.39 is 28.0 Å². The molecule has 2 heterocycles. The number of nitrogens with zero attached hydrogens (tertiary/aromatic N) is 3. The van der Waals surface area contributed by atoms with E-state index in [0.717, 1.165) is 11.1 Å². The lowest BCUT2D eigenvalue weighted by atomic mass is 10.1. The monoisotopic (exact) mass is 543 g/mol. The topological polar surface area (TPSA) is 112 Å². The van der Waals surface area contributed by atoms with Crippen LogP contribution in [0.25, 0.3) is 10.9 Å². The molecule has 0 aliphatic carbocycles. The van der Waals surface area contributed by atoms with Gasteiger partial charge in [-0.1, -0.05) is 66.2 Å². The summed E-state index contributed by atoms with van der Waals surface area (Å²) in [5.74, 6) is -0.483. The number of fused-ring (bicyclic) bond motifs is 1. The number of aryl methyl sites for hydroxylation is 1. The smallest absolute Gasteiger partial charge is 0.321 e. The van der Waals surface area contributed by atoms with Crippen LogP contribution in [-0.4, -0.2) is 60.2 Å². The Bertz CT molecular complexity index is 1590. The molecular formula is C29H29N5O4S. The Balaban J connectivity index is 1.42. The van der Waals surface area contributed by atoms with Crippen molar-refractivity contribution in [1.82, 2.24) is 19.5 Å². The molecule has 2 N–H and O–H groups in total. The van der Waals surface area contributed by atoms with Gasteiger partial charge in [-0.2, -0.15) is 4.31 Å². The number of carbonyl (C=O) groups is 2. The van der Waals surface area contributed by atoms with Crippen molar-refractivity contribution in [2.24, 2.45) is 0 Å². The second-order valence-electron chi connectivity index (χ2n) is 9.41. The molecule has 10 heteroatoms. The summed E-state index contributed by atoms with van der Waals surface area (Å²) in [5.41, 5.74) is 2.89. The maximum absolute atomic E-state index is 14.0. The average Bonchev–Trinajstić information content (AvgIpc) is 2.97. The van der Waals surface area contributed by atoms with Gasteiger partial charge in [-0.05, 0) is 36.8 Å². The third-order valence-electron chi connectivity index (χ3n) is 6.72. The van der Waals surface area contributed by atoms with Crippen LogP contribution in [-0.2, 0) is 21.4 Å². The zero-order valence-electron chi connectivity index (χ0n) is 21.4. The number of amides is 3. The van der Waals surface area contributed by atoms with Crippen molar-refractivity contribution in [2.75, 3.05) is 25.0 Å². The van der Waals surface area contributed by atoms with Gasteiger partial charge < -0.3 is 15.5 Å². The van der Waals surface area contributed by atoms with Crippen molar-refractivity contribution in [3.05, 3.63) is 102 Å². The highest BCUT2D eigenvalue weighted by atomic mass is 32.2. The standard InChI is InChI=1S/C29H29N5O4S/c1-21-12-14-24(15-13-21)32-29(36)33-17-18-34(25(20-33)28(35)31-19-22-7-3-2-4-8-22)39(37,38)26-11-5-9-23-10-6-16-30-27(23)26/h2-16,25H,17-20H2,1H3,(H,31,35)(H,32,36). The molecule has 1 fully saturated rings. The van der Waals surface area contributed by atoms with Crippen LogP contribution in [0.4, 0.5) is 10.5 Å². The molecule has 9 nitrogen and oxygen atoms in total. The van der Waals surface area contributed by atoms with E-state index in [9.17, 15) is 18.0 Å². The van der Waals surface area contributed by atoms with Gasteiger partial charge in [0.2, 0.25) is 15.9 Å². The van der Waals surface area contributed by atoms with Crippen molar-refractivity contribution in [1.29, 1.82) is 0 Å². The number of para-hydroxylation sites is 1. The average molecular weight is 544 g/mol. The van der Waals surface area contributed by atoms with Gasteiger partial charge in [0.05, 0.1) is 5.52 Å². The minimum atomic E-state index is -4.13. The van der Waals surface area contributed by atoms with Gasteiger partial charge in [0.15, 0.2) is 0 Å². The van der Waals surface area contributed by atoms with Crippen LogP contribution < -0.4 is 10.6 Å². The highest BCUT2D eigenvalue weighted by molar-refractivity contribution is 7.89. The fraction of sp³-hybridized carbons (Fsp3) is 0.207. The van der Waals surface area contributed by atoms with Gasteiger partial charge in [0, 0.05) is 43.4 Å². The Morgan fingerprint density at radius 3 is 2.44 bits per heavy atom. The number of hydrogen-bond donors (Lipinski definition) is 2. The highest BCUT2D eigenvalue weighted by Crippen LogP contribution is 2.27. The van der Waals surface area contributed by atoms with Crippen LogP contribution in [0.5, 0.6) is 0 Å². The summed E-state index contributed by atoms with van der Waals surface area (Å²) in [4.78, 5) is 32.4. The second kappa shape index (κ2) is 11.2. The predicted molar refractivity (Wildman–Crippen MR) is 149 cm³/mol. The molecule has 3 amide bonds. The van der Waals surface area contributed by atoms with Gasteiger partial charge in [-0.15, -0.1) is 0 Å². The number of benzene rings is 3. The number of nitrogens with one attached hydrogen (secondary N) is 2. The number of hydrogen-bond acceptors (Lipinski definition) is 5. The Kier molecular flexibility index (Phi) is 7.58. The number of carbonyl (C=O) groups excluding carboxylic acids is 2. The molecule has 5 rings (SSSR count). The molecule has 1 unspecified atom stereocenters. The molecule has 4 aromatic rings. The number of urea groups is 1. The number of anilines is 1. The maximum atomic E-state index is 14.0. The number of pyridine rings is 1. The molecule has 200 valence electrons. The van der Waals surface area contributed by atoms with Crippen LogP contribution in [0.3, 0.4) is 0 Å². The van der Waals surface area contributed by atoms with Crippen molar-refractivity contribution in [3.63, 3.8) is 0 Å². The van der Waals surface area contributed by atoms with E-state index in [1.165, 1.54) is 15.3 Å². The van der Waals surface area contributed by atoms with Crippen molar-refractivity contribution in [2.45, 2.75) is 24.4 Å². The third-order valence-corrected chi connectivity index (χ3v) is 8.66. The fourth-order valence-corrected chi connectivity index (χ4v) is 6.34. The van der Waals surface area contributed by atoms with Crippen LogP contribution >= 0.6 is 0 Å². The molecule has 1 aliphatic rings. The summed E-state index contributed by atoms with van der Waals surface area (Å²) in [6.45, 7) is 2.16. The first-order chi connectivity index (χ1) is 18.8. The molecule has 1 aliphatic heterocycles. The number of sulfonamides is 1. The first kappa shape index (κ1) is 26.3. The van der Waals surface area contributed by atoms with Gasteiger partial charge >= 0.3 is 6.03 Å². The van der Waals surface area contributed by atoms with E-state index in [-0.39, 0.29) is 31.1 Å². The second-order valence-corrected chi connectivity index (χ2v) is 11.3. The number of aromatic nitrogens is 1. The third kappa shape index (κ3) is 5.76. The zero-order chi connectivity index (χ0) is 27.4. The quantitative estimate of drug-likeness (QED) is 0.385. The molecule has 0 radical (unpaired) electrons. The summed E-state index contributed by atoms with van der Waals surface area (Å²) >= 11 is 0. The van der Waals surface area contributed by atoms with Crippen LogP contribution in [0.15, 0.2) is 96.0 Å². The molecule has 0 bridgehead atoms. The lowest BCUT2D eigenvalue weighted by molar-refractivity contribution is -0.126. The van der Waals surface area contributed by atoms with Crippen molar-refractivity contribution >= 4 is 38.6 Å². The Morgan fingerprint density at radius 2 is 1.67 bits per heavy atom. The normalized spacial score (nSPS) is 16.1. The van der Waals surface area contributed by atoms with Gasteiger partial charge in [-0.25, -0.2) is 13.2 Å². The minimum absolute atomic E-state index is 0.0269. The molecule has 1 atom stereocenters. The van der Waals surface area contributed by atoms with Gasteiger partial charge in [0.1, 0.15) is 10.9 Å². The van der Waals surface area contributed by atoms with E-state index in [1.807, 2.05) is 49.4 Å². The van der Waals surface area contributed by atoms with Crippen LogP contribution in [0.2, 0.25) is 0 Å². The molecule has 0 spiro atoms. The lowest BCUT2D eigenvalue weighted by Gasteiger charge is -2.39. The van der Waals surface area contributed by atoms with Crippen LogP contribution in [0, 0.1) is 6.92 Å². The Morgan fingerprint density at radius 1 is 0.923 bits per heavy atom. The molecule has 1 saturated heterocycles. The zero-order valence-corrected chi connectivity index (χ0v) is 22.3. The molecule has 3 aromatic carbocycles. The van der Waals surface area contributed by atoms with Crippen molar-refractivity contribution < 1.29 is 18.0 Å².